The number of hydrogen-bond donors (Lipinski definition) is 1. The zero-order chi connectivity index (χ0) is 17.8. The Morgan fingerprint density at radius 2 is 1.96 bits per heavy atom. The van der Waals surface area contributed by atoms with E-state index in [1.165, 1.54) is 32.1 Å². The molecule has 3 atom stereocenters. The highest BCUT2D eigenvalue weighted by atomic mass is 16.3. The summed E-state index contributed by atoms with van der Waals surface area (Å²) in [6, 6.07) is 0. The van der Waals surface area contributed by atoms with Gasteiger partial charge in [-0.2, -0.15) is 0 Å². The van der Waals surface area contributed by atoms with E-state index in [0.29, 0.717) is 24.7 Å². The number of amides is 1. The maximum atomic E-state index is 12.8. The molecule has 1 aliphatic carbocycles. The van der Waals surface area contributed by atoms with Crippen LogP contribution in [-0.2, 0) is 11.8 Å². The molecule has 0 bridgehead atoms. The number of aryl methyl sites for hydroxylation is 1. The zero-order valence-electron chi connectivity index (χ0n) is 15.7. The molecule has 1 amide bonds. The second kappa shape index (κ2) is 8.35. The second-order valence-electron chi connectivity index (χ2n) is 8.16. The molecule has 2 heterocycles. The number of likely N-dealkylation sites (tertiary alicyclic amines) is 1. The van der Waals surface area contributed by atoms with Crippen LogP contribution in [0.5, 0.6) is 0 Å². The van der Waals surface area contributed by atoms with E-state index in [1.807, 2.05) is 22.7 Å². The van der Waals surface area contributed by atoms with Crippen molar-refractivity contribution in [2.75, 3.05) is 13.1 Å². The summed E-state index contributed by atoms with van der Waals surface area (Å²) < 4.78 is 1.87. The lowest BCUT2D eigenvalue weighted by molar-refractivity contribution is -0.135. The van der Waals surface area contributed by atoms with Crippen LogP contribution in [0.3, 0.4) is 0 Å². The Kier molecular flexibility index (Phi) is 6.15. The summed E-state index contributed by atoms with van der Waals surface area (Å²) in [5.74, 6) is 2.26. The van der Waals surface area contributed by atoms with Crippen molar-refractivity contribution in [1.82, 2.24) is 14.5 Å². The summed E-state index contributed by atoms with van der Waals surface area (Å²) >= 11 is 0. The Morgan fingerprint density at radius 3 is 2.64 bits per heavy atom. The quantitative estimate of drug-likeness (QED) is 0.889. The summed E-state index contributed by atoms with van der Waals surface area (Å²) in [6.07, 6.45) is 12.1. The van der Waals surface area contributed by atoms with Crippen molar-refractivity contribution in [3.63, 3.8) is 0 Å². The van der Waals surface area contributed by atoms with Crippen molar-refractivity contribution in [3.05, 3.63) is 18.2 Å². The molecular formula is C20H33N3O2. The monoisotopic (exact) mass is 347 g/mol. The van der Waals surface area contributed by atoms with Crippen LogP contribution in [0.15, 0.2) is 12.4 Å². The highest BCUT2D eigenvalue weighted by Crippen LogP contribution is 2.33. The van der Waals surface area contributed by atoms with Crippen molar-refractivity contribution >= 4 is 5.91 Å². The summed E-state index contributed by atoms with van der Waals surface area (Å²) in [6.45, 7) is 3.74. The van der Waals surface area contributed by atoms with E-state index in [4.69, 9.17) is 0 Å². The molecule has 0 spiro atoms. The van der Waals surface area contributed by atoms with E-state index in [9.17, 15) is 9.90 Å². The number of aliphatic hydroxyl groups is 1. The van der Waals surface area contributed by atoms with Gasteiger partial charge in [-0.05, 0) is 24.7 Å². The molecule has 2 fully saturated rings. The fraction of sp³-hybridized carbons (Fsp3) is 0.800. The number of nitrogens with zero attached hydrogens (tertiary/aromatic N) is 3. The summed E-state index contributed by atoms with van der Waals surface area (Å²) in [4.78, 5) is 19.1. The molecule has 2 aliphatic rings. The fourth-order valence-corrected chi connectivity index (χ4v) is 4.64. The summed E-state index contributed by atoms with van der Waals surface area (Å²) in [5, 5.41) is 10.7. The average Bonchev–Trinajstić information content (AvgIpc) is 3.07. The Hall–Kier alpha value is -1.36. The lowest BCUT2D eigenvalue weighted by Gasteiger charge is -2.36. The standard InChI is InChI=1S/C20H33N3O2/c1-15(16-7-4-3-5-8-16)13-18(24)23-11-6-9-17(14-23)19(25)20-21-10-12-22(20)2/h10,12,15-17,19,25H,3-9,11,13-14H2,1-2H3. The first kappa shape index (κ1) is 18.4. The van der Waals surface area contributed by atoms with Crippen LogP contribution in [0.1, 0.15) is 70.2 Å². The molecule has 1 aromatic heterocycles. The SMILES string of the molecule is CC(CC(=O)N1CCCC(C(O)c2nccn2C)C1)C1CCCCC1. The molecule has 5 heteroatoms. The molecule has 1 N–H and O–H groups in total. The minimum Gasteiger partial charge on any atom is -0.385 e. The fourth-order valence-electron chi connectivity index (χ4n) is 4.64. The average molecular weight is 348 g/mol. The number of carbonyl (C=O) groups is 1. The van der Waals surface area contributed by atoms with Gasteiger partial charge in [-0.15, -0.1) is 0 Å². The second-order valence-corrected chi connectivity index (χ2v) is 8.16. The number of carbonyl (C=O) groups excluding carboxylic acids is 1. The Balaban J connectivity index is 1.55. The van der Waals surface area contributed by atoms with Gasteiger partial charge in [0.1, 0.15) is 11.9 Å². The van der Waals surface area contributed by atoms with Gasteiger partial charge in [-0.1, -0.05) is 39.0 Å². The van der Waals surface area contributed by atoms with Crippen molar-refractivity contribution in [2.45, 2.75) is 64.4 Å². The molecule has 1 aliphatic heterocycles. The molecule has 140 valence electrons. The van der Waals surface area contributed by atoms with Crippen LogP contribution in [0, 0.1) is 17.8 Å². The lowest BCUT2D eigenvalue weighted by Crippen LogP contribution is -2.42. The Morgan fingerprint density at radius 1 is 1.24 bits per heavy atom. The maximum Gasteiger partial charge on any atom is 0.222 e. The first-order valence-corrected chi connectivity index (χ1v) is 9.99. The van der Waals surface area contributed by atoms with Gasteiger partial charge in [0.2, 0.25) is 5.91 Å². The smallest absolute Gasteiger partial charge is 0.222 e. The number of aromatic nitrogens is 2. The molecule has 1 saturated heterocycles. The topological polar surface area (TPSA) is 58.4 Å². The Labute approximate surface area is 151 Å². The van der Waals surface area contributed by atoms with E-state index >= 15 is 0 Å². The van der Waals surface area contributed by atoms with Crippen LogP contribution in [0.2, 0.25) is 0 Å². The van der Waals surface area contributed by atoms with Crippen molar-refractivity contribution in [3.8, 4) is 0 Å². The molecule has 0 radical (unpaired) electrons. The third-order valence-corrected chi connectivity index (χ3v) is 6.33. The van der Waals surface area contributed by atoms with Crippen molar-refractivity contribution < 1.29 is 9.90 Å². The predicted octanol–water partition coefficient (Wildman–Crippen LogP) is 3.30. The first-order valence-electron chi connectivity index (χ1n) is 9.99. The van der Waals surface area contributed by atoms with Gasteiger partial charge in [0.25, 0.3) is 0 Å². The summed E-state index contributed by atoms with van der Waals surface area (Å²) in [5.41, 5.74) is 0. The van der Waals surface area contributed by atoms with Gasteiger partial charge in [-0.3, -0.25) is 4.79 Å². The van der Waals surface area contributed by atoms with Gasteiger partial charge >= 0.3 is 0 Å². The molecule has 0 aromatic carbocycles. The van der Waals surface area contributed by atoms with Gasteiger partial charge in [0, 0.05) is 44.9 Å². The summed E-state index contributed by atoms with van der Waals surface area (Å²) in [7, 11) is 1.91. The third kappa shape index (κ3) is 4.43. The van der Waals surface area contributed by atoms with Gasteiger partial charge in [0.15, 0.2) is 0 Å². The van der Waals surface area contributed by atoms with Crippen LogP contribution in [-0.4, -0.2) is 38.6 Å². The number of piperidine rings is 1. The lowest BCUT2D eigenvalue weighted by atomic mass is 9.79. The number of hydrogen-bond acceptors (Lipinski definition) is 3. The van der Waals surface area contributed by atoms with E-state index < -0.39 is 6.10 Å². The molecule has 1 aromatic rings. The van der Waals surface area contributed by atoms with Crippen LogP contribution in [0.25, 0.3) is 0 Å². The van der Waals surface area contributed by atoms with Gasteiger partial charge in [-0.25, -0.2) is 4.98 Å². The molecule has 3 rings (SSSR count). The minimum atomic E-state index is -0.591. The maximum absolute atomic E-state index is 12.8. The number of aliphatic hydroxyl groups excluding tert-OH is 1. The highest BCUT2D eigenvalue weighted by Gasteiger charge is 2.32. The third-order valence-electron chi connectivity index (χ3n) is 6.33. The van der Waals surface area contributed by atoms with Gasteiger partial charge < -0.3 is 14.6 Å². The zero-order valence-corrected chi connectivity index (χ0v) is 15.7. The molecule has 5 nitrogen and oxygen atoms in total. The molecule has 1 saturated carbocycles. The van der Waals surface area contributed by atoms with Crippen molar-refractivity contribution in [1.29, 1.82) is 0 Å². The van der Waals surface area contributed by atoms with Gasteiger partial charge in [0.05, 0.1) is 0 Å². The number of rotatable bonds is 5. The first-order chi connectivity index (χ1) is 12.1. The molecule has 3 unspecified atom stereocenters. The predicted molar refractivity (Wildman–Crippen MR) is 97.8 cm³/mol. The minimum absolute atomic E-state index is 0.0868. The Bertz CT molecular complexity index is 565. The van der Waals surface area contributed by atoms with Crippen molar-refractivity contribution in [2.24, 2.45) is 24.8 Å². The number of imidazole rings is 1. The van der Waals surface area contributed by atoms with E-state index in [0.717, 1.165) is 25.3 Å². The van der Waals surface area contributed by atoms with Crippen LogP contribution < -0.4 is 0 Å². The van der Waals surface area contributed by atoms with E-state index in [1.54, 1.807) is 6.20 Å². The highest BCUT2D eigenvalue weighted by molar-refractivity contribution is 5.76. The van der Waals surface area contributed by atoms with E-state index in [-0.39, 0.29) is 11.8 Å². The van der Waals surface area contributed by atoms with Crippen LogP contribution >= 0.6 is 0 Å². The molecule has 25 heavy (non-hydrogen) atoms. The van der Waals surface area contributed by atoms with E-state index in [2.05, 4.69) is 11.9 Å². The van der Waals surface area contributed by atoms with Crippen LogP contribution in [0.4, 0.5) is 0 Å². The molecular weight excluding hydrogens is 314 g/mol. The largest absolute Gasteiger partial charge is 0.385 e. The normalized spacial score (nSPS) is 24.9.